The van der Waals surface area contributed by atoms with Crippen molar-refractivity contribution in [2.24, 2.45) is 5.73 Å². The third-order valence-corrected chi connectivity index (χ3v) is 4.32. The largest absolute Gasteiger partial charge is 0.379 e. The standard InChI is InChI=1S/C16H25BrN2O/c1-16(2,18)12-13-3-4-14(15(17)11-13)5-6-19-7-9-20-10-8-19/h3-4,11H,5-10,12,18H2,1-2H3. The van der Waals surface area contributed by atoms with E-state index in [2.05, 4.69) is 52.9 Å². The molecule has 0 spiro atoms. The van der Waals surface area contributed by atoms with E-state index in [0.717, 1.165) is 45.7 Å². The van der Waals surface area contributed by atoms with Crippen LogP contribution in [0.25, 0.3) is 0 Å². The van der Waals surface area contributed by atoms with E-state index < -0.39 is 0 Å². The minimum atomic E-state index is -0.158. The first-order chi connectivity index (χ1) is 9.44. The maximum atomic E-state index is 6.08. The minimum Gasteiger partial charge on any atom is -0.379 e. The van der Waals surface area contributed by atoms with Crippen LogP contribution >= 0.6 is 15.9 Å². The molecular formula is C16H25BrN2O. The maximum Gasteiger partial charge on any atom is 0.0594 e. The number of ether oxygens (including phenoxy) is 1. The van der Waals surface area contributed by atoms with Gasteiger partial charge in [-0.25, -0.2) is 0 Å². The zero-order chi connectivity index (χ0) is 14.6. The molecule has 1 aliphatic heterocycles. The molecule has 0 amide bonds. The van der Waals surface area contributed by atoms with E-state index in [1.807, 2.05) is 0 Å². The fourth-order valence-electron chi connectivity index (χ4n) is 2.53. The van der Waals surface area contributed by atoms with E-state index in [4.69, 9.17) is 10.5 Å². The van der Waals surface area contributed by atoms with E-state index in [-0.39, 0.29) is 5.54 Å². The molecule has 112 valence electrons. The number of hydrogen-bond acceptors (Lipinski definition) is 3. The summed E-state index contributed by atoms with van der Waals surface area (Å²) >= 11 is 3.70. The molecule has 2 rings (SSSR count). The molecule has 1 fully saturated rings. The van der Waals surface area contributed by atoms with Gasteiger partial charge in [-0.1, -0.05) is 28.1 Å². The number of morpholine rings is 1. The Morgan fingerprint density at radius 2 is 2.00 bits per heavy atom. The van der Waals surface area contributed by atoms with Crippen molar-refractivity contribution in [3.63, 3.8) is 0 Å². The minimum absolute atomic E-state index is 0.158. The summed E-state index contributed by atoms with van der Waals surface area (Å²) in [4.78, 5) is 2.47. The third kappa shape index (κ3) is 5.17. The Bertz CT molecular complexity index is 437. The molecule has 0 unspecified atom stereocenters. The Morgan fingerprint density at radius 1 is 1.30 bits per heavy atom. The summed E-state index contributed by atoms with van der Waals surface area (Å²) in [7, 11) is 0. The van der Waals surface area contributed by atoms with Crippen LogP contribution < -0.4 is 5.73 Å². The zero-order valence-electron chi connectivity index (χ0n) is 12.5. The lowest BCUT2D eigenvalue weighted by molar-refractivity contribution is 0.0384. The van der Waals surface area contributed by atoms with Crippen molar-refractivity contribution in [2.45, 2.75) is 32.2 Å². The molecule has 0 saturated carbocycles. The first-order valence-corrected chi connectivity index (χ1v) is 8.10. The number of hydrogen-bond donors (Lipinski definition) is 1. The van der Waals surface area contributed by atoms with Gasteiger partial charge in [-0.15, -0.1) is 0 Å². The predicted octanol–water partition coefficient (Wildman–Crippen LogP) is 2.60. The van der Waals surface area contributed by atoms with Gasteiger partial charge in [0, 0.05) is 29.6 Å². The lowest BCUT2D eigenvalue weighted by Gasteiger charge is -2.26. The average Bonchev–Trinajstić information content (AvgIpc) is 2.37. The molecule has 1 aromatic carbocycles. The fraction of sp³-hybridized carbons (Fsp3) is 0.625. The van der Waals surface area contributed by atoms with Gasteiger partial charge in [-0.05, 0) is 43.9 Å². The molecule has 2 N–H and O–H groups in total. The summed E-state index contributed by atoms with van der Waals surface area (Å²) in [6.45, 7) is 9.07. The molecule has 4 heteroatoms. The van der Waals surface area contributed by atoms with Gasteiger partial charge in [0.15, 0.2) is 0 Å². The number of nitrogens with zero attached hydrogens (tertiary/aromatic N) is 1. The molecule has 1 heterocycles. The van der Waals surface area contributed by atoms with Crippen molar-refractivity contribution in [3.8, 4) is 0 Å². The summed E-state index contributed by atoms with van der Waals surface area (Å²) in [6.07, 6.45) is 1.97. The Morgan fingerprint density at radius 3 is 2.60 bits per heavy atom. The molecule has 0 aromatic heterocycles. The summed E-state index contributed by atoms with van der Waals surface area (Å²) in [5, 5.41) is 0. The number of benzene rings is 1. The van der Waals surface area contributed by atoms with E-state index >= 15 is 0 Å². The second-order valence-corrected chi connectivity index (χ2v) is 7.15. The molecule has 1 saturated heterocycles. The van der Waals surface area contributed by atoms with Crippen LogP contribution in [0.1, 0.15) is 25.0 Å². The first-order valence-electron chi connectivity index (χ1n) is 7.30. The zero-order valence-corrected chi connectivity index (χ0v) is 14.1. The van der Waals surface area contributed by atoms with E-state index in [9.17, 15) is 0 Å². The number of rotatable bonds is 5. The van der Waals surface area contributed by atoms with Crippen molar-refractivity contribution >= 4 is 15.9 Å². The van der Waals surface area contributed by atoms with Gasteiger partial charge in [0.2, 0.25) is 0 Å². The van der Waals surface area contributed by atoms with Crippen LogP contribution in [-0.2, 0) is 17.6 Å². The van der Waals surface area contributed by atoms with Gasteiger partial charge in [0.25, 0.3) is 0 Å². The van der Waals surface area contributed by atoms with Crippen LogP contribution in [0.15, 0.2) is 22.7 Å². The van der Waals surface area contributed by atoms with Crippen molar-refractivity contribution in [1.82, 2.24) is 4.90 Å². The maximum absolute atomic E-state index is 6.08. The van der Waals surface area contributed by atoms with E-state index in [0.29, 0.717) is 0 Å². The summed E-state index contributed by atoms with van der Waals surface area (Å²) in [5.41, 5.74) is 8.58. The van der Waals surface area contributed by atoms with Gasteiger partial charge < -0.3 is 10.5 Å². The van der Waals surface area contributed by atoms with E-state index in [1.54, 1.807) is 0 Å². The van der Waals surface area contributed by atoms with Crippen LogP contribution in [0.3, 0.4) is 0 Å². The van der Waals surface area contributed by atoms with Gasteiger partial charge in [-0.3, -0.25) is 4.90 Å². The summed E-state index contributed by atoms with van der Waals surface area (Å²) in [6, 6.07) is 6.64. The molecular weight excluding hydrogens is 316 g/mol. The summed E-state index contributed by atoms with van der Waals surface area (Å²) < 4.78 is 6.58. The Labute approximate surface area is 130 Å². The number of halogens is 1. The molecule has 0 radical (unpaired) electrons. The van der Waals surface area contributed by atoms with Crippen LogP contribution in [0.5, 0.6) is 0 Å². The molecule has 1 aromatic rings. The second kappa shape index (κ2) is 7.03. The van der Waals surface area contributed by atoms with Crippen molar-refractivity contribution in [2.75, 3.05) is 32.8 Å². The third-order valence-electron chi connectivity index (χ3n) is 3.58. The Hall–Kier alpha value is -0.420. The van der Waals surface area contributed by atoms with Gasteiger partial charge in [0.05, 0.1) is 13.2 Å². The topological polar surface area (TPSA) is 38.5 Å². The van der Waals surface area contributed by atoms with Crippen LogP contribution in [0, 0.1) is 0 Å². The SMILES string of the molecule is CC(C)(N)Cc1ccc(CCN2CCOCC2)c(Br)c1. The van der Waals surface area contributed by atoms with E-state index in [1.165, 1.54) is 15.6 Å². The van der Waals surface area contributed by atoms with Crippen LogP contribution in [-0.4, -0.2) is 43.3 Å². The second-order valence-electron chi connectivity index (χ2n) is 6.30. The first kappa shape index (κ1) is 16.0. The molecule has 0 atom stereocenters. The highest BCUT2D eigenvalue weighted by atomic mass is 79.9. The van der Waals surface area contributed by atoms with Gasteiger partial charge in [-0.2, -0.15) is 0 Å². The highest BCUT2D eigenvalue weighted by molar-refractivity contribution is 9.10. The quantitative estimate of drug-likeness (QED) is 0.895. The lowest BCUT2D eigenvalue weighted by Crippen LogP contribution is -2.37. The smallest absolute Gasteiger partial charge is 0.0594 e. The van der Waals surface area contributed by atoms with Crippen LogP contribution in [0.4, 0.5) is 0 Å². The lowest BCUT2D eigenvalue weighted by atomic mass is 9.95. The Kier molecular flexibility index (Phi) is 5.61. The van der Waals surface area contributed by atoms with Gasteiger partial charge in [0.1, 0.15) is 0 Å². The summed E-state index contributed by atoms with van der Waals surface area (Å²) in [5.74, 6) is 0. The van der Waals surface area contributed by atoms with Crippen LogP contribution in [0.2, 0.25) is 0 Å². The van der Waals surface area contributed by atoms with Gasteiger partial charge >= 0.3 is 0 Å². The monoisotopic (exact) mass is 340 g/mol. The number of nitrogens with two attached hydrogens (primary N) is 1. The molecule has 1 aliphatic rings. The highest BCUT2D eigenvalue weighted by Crippen LogP contribution is 2.21. The molecule has 0 aliphatic carbocycles. The average molecular weight is 341 g/mol. The normalized spacial score (nSPS) is 17.4. The molecule has 20 heavy (non-hydrogen) atoms. The fourth-order valence-corrected chi connectivity index (χ4v) is 3.16. The molecule has 3 nitrogen and oxygen atoms in total. The van der Waals surface area contributed by atoms with Crippen molar-refractivity contribution in [1.29, 1.82) is 0 Å². The van der Waals surface area contributed by atoms with Crippen molar-refractivity contribution < 1.29 is 4.74 Å². The predicted molar refractivity (Wildman–Crippen MR) is 87.1 cm³/mol. The van der Waals surface area contributed by atoms with Crippen molar-refractivity contribution in [3.05, 3.63) is 33.8 Å². The molecule has 0 bridgehead atoms. The Balaban J connectivity index is 1.92. The highest BCUT2D eigenvalue weighted by Gasteiger charge is 2.14.